The zero-order chi connectivity index (χ0) is 17.9. The van der Waals surface area contributed by atoms with Crippen LogP contribution in [0.5, 0.6) is 0 Å². The van der Waals surface area contributed by atoms with Gasteiger partial charge in [0.1, 0.15) is 12.0 Å². The zero-order valence-electron chi connectivity index (χ0n) is 15.2. The van der Waals surface area contributed by atoms with Gasteiger partial charge in [0, 0.05) is 37.7 Å². The number of nitrogens with one attached hydrogen (secondary N) is 1. The first-order valence-corrected chi connectivity index (χ1v) is 9.90. The molecule has 0 radical (unpaired) electrons. The predicted molar refractivity (Wildman–Crippen MR) is 95.0 cm³/mol. The first-order chi connectivity index (χ1) is 12.7. The van der Waals surface area contributed by atoms with Crippen LogP contribution in [-0.2, 0) is 16.1 Å². The lowest BCUT2D eigenvalue weighted by Gasteiger charge is -2.42. The van der Waals surface area contributed by atoms with E-state index in [-0.39, 0.29) is 11.8 Å². The fourth-order valence-corrected chi connectivity index (χ4v) is 4.24. The fourth-order valence-electron chi connectivity index (χ4n) is 4.24. The van der Waals surface area contributed by atoms with Crippen molar-refractivity contribution in [2.45, 2.75) is 51.1 Å². The van der Waals surface area contributed by atoms with Gasteiger partial charge in [-0.2, -0.15) is 0 Å². The Hall–Kier alpha value is -1.89. The summed E-state index contributed by atoms with van der Waals surface area (Å²) >= 11 is 0. The summed E-state index contributed by atoms with van der Waals surface area (Å²) in [7, 11) is 0. The minimum absolute atomic E-state index is 0.0433. The Balaban J connectivity index is 1.24. The molecule has 0 unspecified atom stereocenters. The standard InChI is InChI=1S/C19H28N4O3/c24-18(20-12-16-7-11-26-21-16)15-2-1-8-23(13-15)17-5-9-22(10-6-17)19(25)14-3-4-14/h7,11,14-15,17H,1-6,8-10,12-13H2,(H,20,24)/t15-/m0/s1. The molecule has 1 aromatic rings. The topological polar surface area (TPSA) is 78.7 Å². The Morgan fingerprint density at radius 3 is 2.62 bits per heavy atom. The summed E-state index contributed by atoms with van der Waals surface area (Å²) in [5, 5.41) is 6.81. The number of rotatable bonds is 5. The smallest absolute Gasteiger partial charge is 0.225 e. The van der Waals surface area contributed by atoms with E-state index in [2.05, 4.69) is 20.3 Å². The Kier molecular flexibility index (Phi) is 5.24. The first kappa shape index (κ1) is 17.5. The highest BCUT2D eigenvalue weighted by molar-refractivity contribution is 5.81. The lowest BCUT2D eigenvalue weighted by Crippen LogP contribution is -2.51. The van der Waals surface area contributed by atoms with Gasteiger partial charge in [-0.05, 0) is 45.1 Å². The van der Waals surface area contributed by atoms with Crippen LogP contribution in [0.2, 0.25) is 0 Å². The van der Waals surface area contributed by atoms with Crippen LogP contribution in [-0.4, -0.2) is 59.0 Å². The third kappa shape index (κ3) is 4.09. The van der Waals surface area contributed by atoms with Crippen LogP contribution in [0.4, 0.5) is 0 Å². The maximum Gasteiger partial charge on any atom is 0.225 e. The second kappa shape index (κ2) is 7.78. The highest BCUT2D eigenvalue weighted by Gasteiger charge is 2.37. The van der Waals surface area contributed by atoms with Crippen molar-refractivity contribution < 1.29 is 14.1 Å². The number of carbonyl (C=O) groups excluding carboxylic acids is 2. The molecule has 0 spiro atoms. The van der Waals surface area contributed by atoms with Crippen molar-refractivity contribution in [3.8, 4) is 0 Å². The van der Waals surface area contributed by atoms with Crippen LogP contribution < -0.4 is 5.32 Å². The van der Waals surface area contributed by atoms with Crippen molar-refractivity contribution >= 4 is 11.8 Å². The SMILES string of the molecule is O=C(NCc1ccon1)[C@H]1CCCN(C2CCN(C(=O)C3CC3)CC2)C1. The molecular weight excluding hydrogens is 332 g/mol. The van der Waals surface area contributed by atoms with Gasteiger partial charge >= 0.3 is 0 Å². The summed E-state index contributed by atoms with van der Waals surface area (Å²) in [5.41, 5.74) is 0.749. The van der Waals surface area contributed by atoms with E-state index in [1.165, 1.54) is 6.26 Å². The Bertz CT molecular complexity index is 621. The first-order valence-electron chi connectivity index (χ1n) is 9.90. The molecular formula is C19H28N4O3. The van der Waals surface area contributed by atoms with Crippen LogP contribution in [0.15, 0.2) is 16.9 Å². The summed E-state index contributed by atoms with van der Waals surface area (Å²) in [6, 6.07) is 2.27. The van der Waals surface area contributed by atoms with Gasteiger partial charge in [0.05, 0.1) is 12.5 Å². The molecule has 3 fully saturated rings. The summed E-state index contributed by atoms with van der Waals surface area (Å²) in [4.78, 5) is 29.2. The van der Waals surface area contributed by atoms with Gasteiger partial charge < -0.3 is 14.7 Å². The van der Waals surface area contributed by atoms with Crippen LogP contribution in [0, 0.1) is 11.8 Å². The number of hydrogen-bond acceptors (Lipinski definition) is 5. The van der Waals surface area contributed by atoms with Gasteiger partial charge in [0.2, 0.25) is 11.8 Å². The van der Waals surface area contributed by atoms with Crippen molar-refractivity contribution in [1.82, 2.24) is 20.3 Å². The molecule has 1 N–H and O–H groups in total. The summed E-state index contributed by atoms with van der Waals surface area (Å²) in [6.07, 6.45) is 7.75. The third-order valence-corrected chi connectivity index (χ3v) is 5.98. The van der Waals surface area contributed by atoms with Crippen LogP contribution in [0.25, 0.3) is 0 Å². The van der Waals surface area contributed by atoms with E-state index in [1.54, 1.807) is 6.07 Å². The van der Waals surface area contributed by atoms with Crippen molar-refractivity contribution in [2.24, 2.45) is 11.8 Å². The molecule has 4 rings (SSSR count). The average Bonchev–Trinajstić information content (AvgIpc) is 3.41. The molecule has 0 aromatic carbocycles. The Morgan fingerprint density at radius 2 is 1.92 bits per heavy atom. The molecule has 7 heteroatoms. The van der Waals surface area contributed by atoms with Crippen molar-refractivity contribution in [3.63, 3.8) is 0 Å². The normalized spacial score (nSPS) is 25.2. The summed E-state index contributed by atoms with van der Waals surface area (Å²) < 4.78 is 4.80. The Morgan fingerprint density at radius 1 is 1.12 bits per heavy atom. The number of likely N-dealkylation sites (tertiary alicyclic amines) is 2. The van der Waals surface area contributed by atoms with E-state index in [4.69, 9.17) is 4.52 Å². The summed E-state index contributed by atoms with van der Waals surface area (Å²) in [6.45, 7) is 4.06. The maximum absolute atomic E-state index is 12.5. The van der Waals surface area contributed by atoms with E-state index in [9.17, 15) is 9.59 Å². The van der Waals surface area contributed by atoms with E-state index >= 15 is 0 Å². The average molecular weight is 360 g/mol. The molecule has 2 aliphatic heterocycles. The van der Waals surface area contributed by atoms with Crippen molar-refractivity contribution in [2.75, 3.05) is 26.2 Å². The molecule has 7 nitrogen and oxygen atoms in total. The van der Waals surface area contributed by atoms with Crippen molar-refractivity contribution in [3.05, 3.63) is 18.0 Å². The number of nitrogens with zero attached hydrogens (tertiary/aromatic N) is 3. The number of amides is 2. The molecule has 2 amide bonds. The van der Waals surface area contributed by atoms with E-state index in [1.807, 2.05) is 0 Å². The van der Waals surface area contributed by atoms with Crippen LogP contribution in [0.3, 0.4) is 0 Å². The molecule has 3 heterocycles. The van der Waals surface area contributed by atoms with E-state index in [0.29, 0.717) is 24.4 Å². The van der Waals surface area contributed by atoms with Gasteiger partial charge in [-0.3, -0.25) is 14.5 Å². The fraction of sp³-hybridized carbons (Fsp3) is 0.737. The molecule has 2 saturated heterocycles. The second-order valence-electron chi connectivity index (χ2n) is 7.87. The summed E-state index contributed by atoms with van der Waals surface area (Å²) in [5.74, 6) is 0.840. The van der Waals surface area contributed by atoms with E-state index < -0.39 is 0 Å². The largest absolute Gasteiger partial charge is 0.364 e. The quantitative estimate of drug-likeness (QED) is 0.859. The minimum atomic E-state index is 0.0433. The second-order valence-corrected chi connectivity index (χ2v) is 7.87. The monoisotopic (exact) mass is 360 g/mol. The van der Waals surface area contributed by atoms with Crippen LogP contribution >= 0.6 is 0 Å². The van der Waals surface area contributed by atoms with Crippen LogP contribution in [0.1, 0.15) is 44.2 Å². The molecule has 3 aliphatic rings. The zero-order valence-corrected chi connectivity index (χ0v) is 15.2. The predicted octanol–water partition coefficient (Wildman–Crippen LogP) is 1.40. The van der Waals surface area contributed by atoms with E-state index in [0.717, 1.165) is 70.4 Å². The molecule has 0 bridgehead atoms. The molecule has 142 valence electrons. The number of hydrogen-bond donors (Lipinski definition) is 1. The third-order valence-electron chi connectivity index (χ3n) is 5.98. The molecule has 1 saturated carbocycles. The highest BCUT2D eigenvalue weighted by atomic mass is 16.5. The van der Waals surface area contributed by atoms with Gasteiger partial charge in [-0.1, -0.05) is 5.16 Å². The lowest BCUT2D eigenvalue weighted by molar-refractivity contribution is -0.134. The molecule has 1 aromatic heterocycles. The van der Waals surface area contributed by atoms with Gasteiger partial charge in [0.15, 0.2) is 0 Å². The highest BCUT2D eigenvalue weighted by Crippen LogP contribution is 2.32. The van der Waals surface area contributed by atoms with Gasteiger partial charge in [-0.15, -0.1) is 0 Å². The number of carbonyl (C=O) groups is 2. The minimum Gasteiger partial charge on any atom is -0.364 e. The number of piperidine rings is 2. The molecule has 26 heavy (non-hydrogen) atoms. The van der Waals surface area contributed by atoms with Crippen molar-refractivity contribution in [1.29, 1.82) is 0 Å². The lowest BCUT2D eigenvalue weighted by atomic mass is 9.93. The van der Waals surface area contributed by atoms with Gasteiger partial charge in [-0.25, -0.2) is 0 Å². The molecule has 1 atom stereocenters. The Labute approximate surface area is 154 Å². The molecule has 1 aliphatic carbocycles. The van der Waals surface area contributed by atoms with Gasteiger partial charge in [0.25, 0.3) is 0 Å². The number of aromatic nitrogens is 1. The maximum atomic E-state index is 12.5.